The van der Waals surface area contributed by atoms with Crippen LogP contribution in [0.15, 0.2) is 40.6 Å². The second-order valence-electron chi connectivity index (χ2n) is 4.48. The van der Waals surface area contributed by atoms with Crippen LogP contribution in [0.3, 0.4) is 0 Å². The average Bonchev–Trinajstić information content (AvgIpc) is 2.97. The fraction of sp³-hybridized carbons (Fsp3) is 0.250. The molecule has 23 heavy (non-hydrogen) atoms. The van der Waals surface area contributed by atoms with E-state index in [1.807, 2.05) is 24.3 Å². The molecule has 0 saturated heterocycles. The van der Waals surface area contributed by atoms with E-state index >= 15 is 0 Å². The van der Waals surface area contributed by atoms with Crippen molar-refractivity contribution in [2.45, 2.75) is 18.2 Å². The summed E-state index contributed by atoms with van der Waals surface area (Å²) in [5.74, 6) is 0.104. The van der Waals surface area contributed by atoms with Crippen LogP contribution in [-0.2, 0) is 9.53 Å². The molecule has 0 aliphatic carbocycles. The summed E-state index contributed by atoms with van der Waals surface area (Å²) in [5.41, 5.74) is 0.399. The number of carbonyl (C=O) groups excluding carboxylic acids is 2. The van der Waals surface area contributed by atoms with Gasteiger partial charge in [0.05, 0.1) is 12.2 Å². The van der Waals surface area contributed by atoms with E-state index in [2.05, 4.69) is 5.32 Å². The number of anilines is 1. The molecule has 1 aromatic heterocycles. The Morgan fingerprint density at radius 2 is 2.00 bits per heavy atom. The van der Waals surface area contributed by atoms with E-state index in [4.69, 9.17) is 16.3 Å². The third kappa shape index (κ3) is 5.57. The molecular weight excluding hydrogens is 354 g/mol. The smallest absolute Gasteiger partial charge is 0.341 e. The number of amides is 1. The molecule has 1 aromatic carbocycles. The second kappa shape index (κ2) is 8.96. The molecule has 1 N–H and O–H groups in total. The highest BCUT2D eigenvalue weighted by Gasteiger charge is 2.15. The summed E-state index contributed by atoms with van der Waals surface area (Å²) in [6.45, 7) is 2.05. The van der Waals surface area contributed by atoms with Crippen molar-refractivity contribution in [3.05, 3.63) is 46.3 Å². The van der Waals surface area contributed by atoms with Crippen molar-refractivity contribution in [3.63, 3.8) is 0 Å². The molecule has 0 radical (unpaired) electrons. The van der Waals surface area contributed by atoms with Crippen LogP contribution in [0.1, 0.15) is 23.7 Å². The molecular formula is C16H16ClNO3S2. The van der Waals surface area contributed by atoms with E-state index in [0.29, 0.717) is 34.4 Å². The Balaban J connectivity index is 1.82. The molecule has 0 atom stereocenters. The number of esters is 1. The van der Waals surface area contributed by atoms with Crippen molar-refractivity contribution < 1.29 is 14.3 Å². The highest BCUT2D eigenvalue weighted by molar-refractivity contribution is 7.99. The minimum absolute atomic E-state index is 0.125. The van der Waals surface area contributed by atoms with Gasteiger partial charge in [-0.2, -0.15) is 0 Å². The van der Waals surface area contributed by atoms with E-state index in [0.717, 1.165) is 4.90 Å². The maximum absolute atomic E-state index is 12.0. The van der Waals surface area contributed by atoms with Gasteiger partial charge in [-0.1, -0.05) is 11.6 Å². The Hall–Kier alpha value is -1.50. The highest BCUT2D eigenvalue weighted by atomic mass is 35.5. The standard InChI is InChI=1S/C16H16ClNO3S2/c1-2-21-16(20)13-7-9-23-15(13)18-14(19)8-10-22-12-5-3-11(17)4-6-12/h3-7,9H,2,8,10H2,1H3,(H,18,19). The number of hydrogen-bond acceptors (Lipinski definition) is 5. The minimum atomic E-state index is -0.417. The average molecular weight is 370 g/mol. The summed E-state index contributed by atoms with van der Waals surface area (Å²) in [5, 5.41) is 5.75. The normalized spacial score (nSPS) is 10.3. The topological polar surface area (TPSA) is 55.4 Å². The monoisotopic (exact) mass is 369 g/mol. The first-order valence-electron chi connectivity index (χ1n) is 7.03. The Kier molecular flexibility index (Phi) is 6.95. The fourth-order valence-corrected chi connectivity index (χ4v) is 3.53. The van der Waals surface area contributed by atoms with E-state index in [1.165, 1.54) is 11.3 Å². The van der Waals surface area contributed by atoms with Gasteiger partial charge in [0.25, 0.3) is 0 Å². The molecule has 1 heterocycles. The summed E-state index contributed by atoms with van der Waals surface area (Å²) in [6, 6.07) is 9.13. The van der Waals surface area contributed by atoms with Gasteiger partial charge in [0.2, 0.25) is 5.91 Å². The number of hydrogen-bond donors (Lipinski definition) is 1. The lowest BCUT2D eigenvalue weighted by molar-refractivity contribution is -0.115. The van der Waals surface area contributed by atoms with E-state index in [1.54, 1.807) is 30.1 Å². The molecule has 122 valence electrons. The summed E-state index contributed by atoms with van der Waals surface area (Å²) < 4.78 is 4.96. The number of thioether (sulfide) groups is 1. The lowest BCUT2D eigenvalue weighted by atomic mass is 10.3. The molecule has 0 saturated carbocycles. The number of benzene rings is 1. The third-order valence-electron chi connectivity index (χ3n) is 2.83. The van der Waals surface area contributed by atoms with Crippen molar-refractivity contribution >= 4 is 51.6 Å². The molecule has 0 spiro atoms. The van der Waals surface area contributed by atoms with Crippen LogP contribution in [0.2, 0.25) is 5.02 Å². The van der Waals surface area contributed by atoms with Crippen LogP contribution >= 0.6 is 34.7 Å². The SMILES string of the molecule is CCOC(=O)c1ccsc1NC(=O)CCSc1ccc(Cl)cc1. The molecule has 0 fully saturated rings. The summed E-state index contributed by atoms with van der Waals surface area (Å²) in [6.07, 6.45) is 0.355. The van der Waals surface area contributed by atoms with Crippen LogP contribution in [0, 0.1) is 0 Å². The fourth-order valence-electron chi connectivity index (χ4n) is 1.76. The molecule has 7 heteroatoms. The van der Waals surface area contributed by atoms with Crippen molar-refractivity contribution in [2.24, 2.45) is 0 Å². The van der Waals surface area contributed by atoms with Gasteiger partial charge >= 0.3 is 5.97 Å². The lowest BCUT2D eigenvalue weighted by Gasteiger charge is -2.06. The van der Waals surface area contributed by atoms with Gasteiger partial charge in [0.15, 0.2) is 0 Å². The molecule has 2 aromatic rings. The molecule has 4 nitrogen and oxygen atoms in total. The van der Waals surface area contributed by atoms with E-state index < -0.39 is 5.97 Å². The van der Waals surface area contributed by atoms with Crippen molar-refractivity contribution in [3.8, 4) is 0 Å². The van der Waals surface area contributed by atoms with Crippen molar-refractivity contribution in [1.29, 1.82) is 0 Å². The zero-order valence-corrected chi connectivity index (χ0v) is 14.9. The van der Waals surface area contributed by atoms with Crippen LogP contribution < -0.4 is 5.32 Å². The van der Waals surface area contributed by atoms with Crippen molar-refractivity contribution in [2.75, 3.05) is 17.7 Å². The number of rotatable bonds is 7. The molecule has 2 rings (SSSR count). The zero-order chi connectivity index (χ0) is 16.7. The number of carbonyl (C=O) groups is 2. The quantitative estimate of drug-likeness (QED) is 0.567. The van der Waals surface area contributed by atoms with Gasteiger partial charge < -0.3 is 10.1 Å². The van der Waals surface area contributed by atoms with E-state index in [9.17, 15) is 9.59 Å². The second-order valence-corrected chi connectivity index (χ2v) is 7.01. The molecule has 0 aliphatic rings. The predicted octanol–water partition coefficient (Wildman–Crippen LogP) is 4.70. The Morgan fingerprint density at radius 3 is 2.70 bits per heavy atom. The Bertz CT molecular complexity index is 670. The van der Waals surface area contributed by atoms with Crippen LogP contribution in [0.4, 0.5) is 5.00 Å². The van der Waals surface area contributed by atoms with Crippen LogP contribution in [0.5, 0.6) is 0 Å². The van der Waals surface area contributed by atoms with Crippen LogP contribution in [-0.4, -0.2) is 24.2 Å². The molecule has 1 amide bonds. The summed E-state index contributed by atoms with van der Waals surface area (Å²) >= 11 is 8.72. The van der Waals surface area contributed by atoms with Crippen LogP contribution in [0.25, 0.3) is 0 Å². The van der Waals surface area contributed by atoms with E-state index in [-0.39, 0.29) is 5.91 Å². The number of thiophene rings is 1. The van der Waals surface area contributed by atoms with Gasteiger partial charge in [-0.05, 0) is 42.6 Å². The maximum Gasteiger partial charge on any atom is 0.341 e. The third-order valence-corrected chi connectivity index (χ3v) is 4.92. The molecule has 0 aliphatic heterocycles. The largest absolute Gasteiger partial charge is 0.462 e. The van der Waals surface area contributed by atoms with Gasteiger partial charge in [0, 0.05) is 22.1 Å². The van der Waals surface area contributed by atoms with Gasteiger partial charge in [-0.15, -0.1) is 23.1 Å². The first kappa shape index (κ1) is 17.8. The number of nitrogens with one attached hydrogen (secondary N) is 1. The highest BCUT2D eigenvalue weighted by Crippen LogP contribution is 2.25. The summed E-state index contributed by atoms with van der Waals surface area (Å²) in [4.78, 5) is 24.8. The number of halogens is 1. The minimum Gasteiger partial charge on any atom is -0.462 e. The molecule has 0 unspecified atom stereocenters. The summed E-state index contributed by atoms with van der Waals surface area (Å²) in [7, 11) is 0. The zero-order valence-electron chi connectivity index (χ0n) is 12.5. The van der Waals surface area contributed by atoms with Gasteiger partial charge in [-0.25, -0.2) is 4.79 Å². The Morgan fingerprint density at radius 1 is 1.26 bits per heavy atom. The predicted molar refractivity (Wildman–Crippen MR) is 95.7 cm³/mol. The first-order chi connectivity index (χ1) is 11.1. The van der Waals surface area contributed by atoms with Gasteiger partial charge in [-0.3, -0.25) is 4.79 Å². The lowest BCUT2D eigenvalue weighted by Crippen LogP contribution is -2.14. The van der Waals surface area contributed by atoms with Gasteiger partial charge in [0.1, 0.15) is 5.00 Å². The maximum atomic E-state index is 12.0. The molecule has 0 bridgehead atoms. The van der Waals surface area contributed by atoms with Crippen molar-refractivity contribution in [1.82, 2.24) is 0 Å². The Labute approximate surface area is 148 Å². The first-order valence-corrected chi connectivity index (χ1v) is 9.27. The number of ether oxygens (including phenoxy) is 1.